The van der Waals surface area contributed by atoms with E-state index in [1.807, 2.05) is 0 Å². The molecule has 0 nitrogen and oxygen atoms in total. The summed E-state index contributed by atoms with van der Waals surface area (Å²) in [6.07, 6.45) is 0. The third kappa shape index (κ3) is 4.97. The van der Waals surface area contributed by atoms with Crippen molar-refractivity contribution in [3.8, 4) is 0 Å². The van der Waals surface area contributed by atoms with Crippen molar-refractivity contribution in [2.45, 2.75) is 174 Å². The van der Waals surface area contributed by atoms with Gasteiger partial charge in [-0.05, 0) is 0 Å². The molecule has 0 unspecified atom stereocenters. The fraction of sp³-hybridized carbons (Fsp3) is 1.00. The van der Waals surface area contributed by atoms with Crippen molar-refractivity contribution in [1.29, 1.82) is 0 Å². The maximum absolute atomic E-state index is 2.69. The van der Waals surface area contributed by atoms with Gasteiger partial charge in [0.2, 0.25) is 0 Å². The Kier molecular flexibility index (Phi) is 12.2. The minimum atomic E-state index is -1.54. The van der Waals surface area contributed by atoms with Gasteiger partial charge in [-0.1, -0.05) is 0 Å². The van der Waals surface area contributed by atoms with Crippen LogP contribution in [0.3, 0.4) is 0 Å². The van der Waals surface area contributed by atoms with Crippen LogP contribution in [0.4, 0.5) is 0 Å². The molecule has 0 aromatic heterocycles. The van der Waals surface area contributed by atoms with E-state index in [2.05, 4.69) is 125 Å². The molecule has 0 aliphatic heterocycles. The van der Waals surface area contributed by atoms with E-state index in [0.717, 1.165) is 49.9 Å². The summed E-state index contributed by atoms with van der Waals surface area (Å²) in [5.41, 5.74) is 8.24. The van der Waals surface area contributed by atoms with E-state index in [1.165, 1.54) is 0 Å². The second-order valence-corrected chi connectivity index (χ2v) is 59.1. The van der Waals surface area contributed by atoms with E-state index < -0.39 is 32.3 Å². The van der Waals surface area contributed by atoms with Crippen molar-refractivity contribution in [2.24, 2.45) is 0 Å². The van der Waals surface area contributed by atoms with Gasteiger partial charge in [0.1, 0.15) is 0 Å². The van der Waals surface area contributed by atoms with Crippen molar-refractivity contribution < 1.29 is 0 Å². The molecule has 0 heterocycles. The average molecular weight is 547 g/mol. The van der Waals surface area contributed by atoms with Crippen LogP contribution < -0.4 is 0 Å². The van der Waals surface area contributed by atoms with Crippen molar-refractivity contribution in [3.05, 3.63) is 0 Å². The topological polar surface area (TPSA) is 0 Å². The van der Waals surface area contributed by atoms with Crippen molar-refractivity contribution in [1.82, 2.24) is 0 Å². The van der Waals surface area contributed by atoms with Crippen LogP contribution in [0.15, 0.2) is 0 Å². The predicted molar refractivity (Wildman–Crippen MR) is 159 cm³/mol. The SMILES string of the molecule is CC(C)[Si](C(C)C)(C(C)C)[As]([Si](C(C)C)(C(C)C)C(C)C)[Si](C(C)C)(C(C)C)C(C)C. The number of hydrogen-bond acceptors (Lipinski definition) is 0. The first kappa shape index (κ1) is 32.2. The zero-order valence-electron chi connectivity index (χ0n) is 25.1. The molecule has 0 saturated heterocycles. The Morgan fingerprint density at radius 3 is 0.419 bits per heavy atom. The Morgan fingerprint density at radius 2 is 0.355 bits per heavy atom. The van der Waals surface area contributed by atoms with Crippen LogP contribution in [0.2, 0.25) is 49.9 Å². The molecule has 0 aliphatic carbocycles. The average Bonchev–Trinajstić information content (AvgIpc) is 2.52. The summed E-state index contributed by atoms with van der Waals surface area (Å²) in [4.78, 5) is 0. The van der Waals surface area contributed by atoms with Crippen LogP contribution in [-0.2, 0) is 0 Å². The first-order chi connectivity index (χ1) is 13.9. The summed E-state index contributed by atoms with van der Waals surface area (Å²) >= 11 is -1.20. The third-order valence-corrected chi connectivity index (χ3v) is 109. The van der Waals surface area contributed by atoms with Gasteiger partial charge in [-0.3, -0.25) is 0 Å². The summed E-state index contributed by atoms with van der Waals surface area (Å²) in [7, 11) is 0. The standard InChI is InChI=1S/C27H63AsSi3/c1-19(2)29(20(3)4,21(5)6)28(30(22(7)8,23(9)10)24(11)12)31(25(13)14,26(15)16)27(17)18/h19-27H,1-18H3. The van der Waals surface area contributed by atoms with Crippen molar-refractivity contribution in [2.75, 3.05) is 0 Å². The summed E-state index contributed by atoms with van der Waals surface area (Å²) in [5.74, 6) is 0. The van der Waals surface area contributed by atoms with Crippen molar-refractivity contribution in [3.63, 3.8) is 0 Å². The molecule has 0 aromatic rings. The number of rotatable bonds is 12. The van der Waals surface area contributed by atoms with Gasteiger partial charge in [-0.15, -0.1) is 0 Å². The van der Waals surface area contributed by atoms with Crippen LogP contribution in [0, 0.1) is 0 Å². The van der Waals surface area contributed by atoms with E-state index in [9.17, 15) is 0 Å². The van der Waals surface area contributed by atoms with Crippen LogP contribution >= 0.6 is 0 Å². The molecule has 188 valence electrons. The number of hydrogen-bond donors (Lipinski definition) is 0. The molecule has 0 amide bonds. The molecule has 0 rings (SSSR count). The second-order valence-electron chi connectivity index (χ2n) is 13.4. The molecular formula is C27H63AsSi3. The minimum absolute atomic E-state index is 0.916. The molecule has 0 aliphatic rings. The third-order valence-electron chi connectivity index (χ3n) is 9.49. The Morgan fingerprint density at radius 1 is 0.258 bits per heavy atom. The van der Waals surface area contributed by atoms with Crippen molar-refractivity contribution >= 4 is 32.3 Å². The van der Waals surface area contributed by atoms with E-state index in [0.29, 0.717) is 0 Å². The van der Waals surface area contributed by atoms with Gasteiger partial charge in [0.05, 0.1) is 0 Å². The molecule has 0 N–H and O–H groups in total. The summed E-state index contributed by atoms with van der Waals surface area (Å²) in [6, 6.07) is 0. The first-order valence-electron chi connectivity index (χ1n) is 13.7. The molecule has 0 spiro atoms. The van der Waals surface area contributed by atoms with E-state index in [4.69, 9.17) is 0 Å². The van der Waals surface area contributed by atoms with Crippen LogP contribution in [-0.4, -0.2) is 32.3 Å². The Labute approximate surface area is 206 Å². The zero-order valence-corrected chi connectivity index (χ0v) is 30.0. The summed E-state index contributed by atoms with van der Waals surface area (Å²) in [6.45, 7) is 43.8. The van der Waals surface area contributed by atoms with Crippen LogP contribution in [0.25, 0.3) is 0 Å². The monoisotopic (exact) mass is 546 g/mol. The zero-order chi connectivity index (χ0) is 25.3. The molecule has 0 bridgehead atoms. The quantitative estimate of drug-likeness (QED) is 0.214. The van der Waals surface area contributed by atoms with Crippen LogP contribution in [0.1, 0.15) is 125 Å². The van der Waals surface area contributed by atoms with E-state index in [1.54, 1.807) is 0 Å². The molecular weight excluding hydrogens is 483 g/mol. The normalized spacial score (nSPS) is 15.1. The molecule has 0 aromatic carbocycles. The first-order valence-corrected chi connectivity index (χ1v) is 28.6. The van der Waals surface area contributed by atoms with Gasteiger partial charge in [0.15, 0.2) is 0 Å². The van der Waals surface area contributed by atoms with Gasteiger partial charge in [0.25, 0.3) is 0 Å². The Bertz CT molecular complexity index is 391. The fourth-order valence-electron chi connectivity index (χ4n) is 9.33. The summed E-state index contributed by atoms with van der Waals surface area (Å²) < 4.78 is 0. The maximum atomic E-state index is 2.69. The fourth-order valence-corrected chi connectivity index (χ4v) is 174. The van der Waals surface area contributed by atoms with Gasteiger partial charge < -0.3 is 0 Å². The molecule has 0 atom stereocenters. The van der Waals surface area contributed by atoms with Gasteiger partial charge in [-0.25, -0.2) is 0 Å². The Hall–Kier alpha value is 1.21. The molecule has 4 heteroatoms. The van der Waals surface area contributed by atoms with Gasteiger partial charge in [0, 0.05) is 0 Å². The molecule has 0 radical (unpaired) electrons. The molecule has 31 heavy (non-hydrogen) atoms. The Balaban J connectivity index is 8.22. The summed E-state index contributed by atoms with van der Waals surface area (Å²) in [5, 5.41) is 0. The van der Waals surface area contributed by atoms with Crippen LogP contribution in [0.5, 0.6) is 0 Å². The second kappa shape index (κ2) is 11.8. The predicted octanol–water partition coefficient (Wildman–Crippen LogP) is 10.8. The van der Waals surface area contributed by atoms with E-state index >= 15 is 0 Å². The molecule has 0 fully saturated rings. The molecule has 0 saturated carbocycles. The van der Waals surface area contributed by atoms with Gasteiger partial charge in [-0.2, -0.15) is 0 Å². The van der Waals surface area contributed by atoms with E-state index in [-0.39, 0.29) is 0 Å². The van der Waals surface area contributed by atoms with Gasteiger partial charge >= 0.3 is 207 Å².